The highest BCUT2D eigenvalue weighted by atomic mass is 32.1. The minimum atomic E-state index is -0.176. The fourth-order valence-electron chi connectivity index (χ4n) is 2.44. The zero-order chi connectivity index (χ0) is 16.9. The molecule has 2 aromatic rings. The van der Waals surface area contributed by atoms with Crippen molar-refractivity contribution in [3.63, 3.8) is 0 Å². The van der Waals surface area contributed by atoms with E-state index in [2.05, 4.69) is 41.6 Å². The molecule has 1 aliphatic rings. The van der Waals surface area contributed by atoms with Crippen LogP contribution in [-0.2, 0) is 6.54 Å². The van der Waals surface area contributed by atoms with Crippen LogP contribution in [0.1, 0.15) is 11.1 Å². The van der Waals surface area contributed by atoms with Crippen LogP contribution in [-0.4, -0.2) is 10.8 Å². The van der Waals surface area contributed by atoms with Gasteiger partial charge in [-0.1, -0.05) is 60.2 Å². The molecular weight excluding hydrogens is 316 g/mol. The third-order valence-electron chi connectivity index (χ3n) is 3.85. The maximum absolute atomic E-state index is 6.13. The Bertz CT molecular complexity index is 766. The van der Waals surface area contributed by atoms with Crippen molar-refractivity contribution in [2.24, 2.45) is 16.8 Å². The Labute approximate surface area is 147 Å². The lowest BCUT2D eigenvalue weighted by Gasteiger charge is -2.24. The quantitative estimate of drug-likeness (QED) is 0.841. The molecule has 24 heavy (non-hydrogen) atoms. The molecule has 122 valence electrons. The lowest BCUT2D eigenvalue weighted by Crippen LogP contribution is -2.39. The maximum Gasteiger partial charge on any atom is 0.134 e. The molecule has 0 saturated carbocycles. The van der Waals surface area contributed by atoms with Crippen molar-refractivity contribution in [2.45, 2.75) is 13.5 Å². The van der Waals surface area contributed by atoms with Gasteiger partial charge in [0.2, 0.25) is 0 Å². The van der Waals surface area contributed by atoms with Gasteiger partial charge in [-0.05, 0) is 30.7 Å². The number of para-hydroxylation sites is 1. The number of nitrogens with two attached hydrogens (primary N) is 1. The fourth-order valence-corrected chi connectivity index (χ4v) is 2.71. The molecule has 0 aliphatic carbocycles. The first-order valence-corrected chi connectivity index (χ1v) is 8.24. The molecule has 0 bridgehead atoms. The van der Waals surface area contributed by atoms with Crippen molar-refractivity contribution in [3.8, 4) is 0 Å². The Kier molecular flexibility index (Phi) is 4.91. The van der Waals surface area contributed by atoms with Crippen molar-refractivity contribution in [2.75, 3.05) is 5.01 Å². The highest BCUT2D eigenvalue weighted by Crippen LogP contribution is 2.19. The summed E-state index contributed by atoms with van der Waals surface area (Å²) in [5, 5.41) is 9.47. The summed E-state index contributed by atoms with van der Waals surface area (Å²) in [6.45, 7) is 2.75. The summed E-state index contributed by atoms with van der Waals surface area (Å²) in [6.07, 6.45) is 3.87. The number of nitrogens with one attached hydrogen (secondary N) is 1. The van der Waals surface area contributed by atoms with Gasteiger partial charge >= 0.3 is 0 Å². The number of hydrazone groups is 1. The van der Waals surface area contributed by atoms with Gasteiger partial charge in [-0.25, -0.2) is 5.01 Å². The predicted octanol–water partition coefficient (Wildman–Crippen LogP) is 3.33. The second-order valence-electron chi connectivity index (χ2n) is 5.73. The van der Waals surface area contributed by atoms with Crippen LogP contribution in [0.5, 0.6) is 0 Å². The van der Waals surface area contributed by atoms with Crippen LogP contribution in [0.15, 0.2) is 72.0 Å². The smallest absolute Gasteiger partial charge is 0.134 e. The average molecular weight is 336 g/mol. The molecule has 0 spiro atoms. The van der Waals surface area contributed by atoms with E-state index in [1.807, 2.05) is 42.6 Å². The predicted molar refractivity (Wildman–Crippen MR) is 104 cm³/mol. The number of benzene rings is 2. The zero-order valence-electron chi connectivity index (χ0n) is 13.5. The van der Waals surface area contributed by atoms with E-state index in [9.17, 15) is 0 Å². The third-order valence-corrected chi connectivity index (χ3v) is 4.25. The minimum absolute atomic E-state index is 0.176. The lowest BCUT2D eigenvalue weighted by molar-refractivity contribution is 0.880. The van der Waals surface area contributed by atoms with Crippen molar-refractivity contribution in [1.82, 2.24) is 5.32 Å². The molecule has 5 heteroatoms. The molecule has 1 heterocycles. The van der Waals surface area contributed by atoms with E-state index < -0.39 is 0 Å². The average Bonchev–Trinajstić information content (AvgIpc) is 2.61. The molecule has 1 atom stereocenters. The summed E-state index contributed by atoms with van der Waals surface area (Å²) in [6, 6.07) is 18.2. The second kappa shape index (κ2) is 7.27. The number of anilines is 1. The molecule has 1 unspecified atom stereocenters. The Balaban J connectivity index is 1.62. The first-order valence-electron chi connectivity index (χ1n) is 7.83. The van der Waals surface area contributed by atoms with Gasteiger partial charge in [0.1, 0.15) is 5.84 Å². The standard InChI is InChI=1S/C19H20N4S/c1-14-7-9-15(10-8-14)13-21-19(24)17-11-12-23(22-18(17)20)16-5-3-2-4-6-16/h2-12,17H,13H2,1H3,(H2,20,22)(H,21,24). The number of nitrogens with zero attached hydrogens (tertiary/aromatic N) is 2. The van der Waals surface area contributed by atoms with Crippen molar-refractivity contribution in [3.05, 3.63) is 78.0 Å². The van der Waals surface area contributed by atoms with Gasteiger partial charge < -0.3 is 11.1 Å². The van der Waals surface area contributed by atoms with Gasteiger partial charge in [0.25, 0.3) is 0 Å². The molecule has 3 rings (SSSR count). The highest BCUT2D eigenvalue weighted by molar-refractivity contribution is 7.80. The largest absolute Gasteiger partial charge is 0.385 e. The van der Waals surface area contributed by atoms with Crippen LogP contribution in [0.3, 0.4) is 0 Å². The van der Waals surface area contributed by atoms with E-state index in [4.69, 9.17) is 18.0 Å². The van der Waals surface area contributed by atoms with Gasteiger partial charge in [0.05, 0.1) is 16.6 Å². The monoisotopic (exact) mass is 336 g/mol. The lowest BCUT2D eigenvalue weighted by atomic mass is 10.1. The summed E-state index contributed by atoms with van der Waals surface area (Å²) in [5.74, 6) is 0.313. The fraction of sp³-hybridized carbons (Fsp3) is 0.158. The van der Waals surface area contributed by atoms with Gasteiger partial charge in [0.15, 0.2) is 0 Å². The summed E-state index contributed by atoms with van der Waals surface area (Å²) >= 11 is 5.49. The van der Waals surface area contributed by atoms with Crippen LogP contribution in [0, 0.1) is 12.8 Å². The molecular formula is C19H20N4S. The summed E-state index contributed by atoms with van der Waals surface area (Å²) in [4.78, 5) is 0.681. The van der Waals surface area contributed by atoms with E-state index in [1.54, 1.807) is 5.01 Å². The van der Waals surface area contributed by atoms with Crippen LogP contribution < -0.4 is 16.1 Å². The van der Waals surface area contributed by atoms with Crippen LogP contribution >= 0.6 is 12.2 Å². The molecule has 2 aromatic carbocycles. The second-order valence-corrected chi connectivity index (χ2v) is 6.17. The van der Waals surface area contributed by atoms with Crippen LogP contribution in [0.2, 0.25) is 0 Å². The maximum atomic E-state index is 6.13. The minimum Gasteiger partial charge on any atom is -0.385 e. The van der Waals surface area contributed by atoms with Crippen LogP contribution in [0.25, 0.3) is 0 Å². The van der Waals surface area contributed by atoms with Gasteiger partial charge in [-0.15, -0.1) is 0 Å². The number of hydrogen-bond donors (Lipinski definition) is 2. The molecule has 3 N–H and O–H groups in total. The third kappa shape index (κ3) is 3.81. The Morgan fingerprint density at radius 1 is 1.17 bits per heavy atom. The highest BCUT2D eigenvalue weighted by Gasteiger charge is 2.21. The van der Waals surface area contributed by atoms with E-state index in [1.165, 1.54) is 11.1 Å². The summed E-state index contributed by atoms with van der Waals surface area (Å²) in [7, 11) is 0. The molecule has 0 saturated heterocycles. The Hall–Kier alpha value is -2.66. The van der Waals surface area contributed by atoms with Gasteiger partial charge in [-0.2, -0.15) is 5.10 Å². The van der Waals surface area contributed by atoms with E-state index in [-0.39, 0.29) is 5.92 Å². The molecule has 0 radical (unpaired) electrons. The summed E-state index contributed by atoms with van der Waals surface area (Å²) in [5.41, 5.74) is 9.52. The van der Waals surface area contributed by atoms with E-state index in [0.717, 1.165) is 5.69 Å². The molecule has 1 aliphatic heterocycles. The molecule has 0 aromatic heterocycles. The van der Waals surface area contributed by atoms with Gasteiger partial charge in [-0.3, -0.25) is 0 Å². The van der Waals surface area contributed by atoms with Crippen molar-refractivity contribution >= 4 is 28.7 Å². The number of hydrogen-bond acceptors (Lipinski definition) is 4. The number of aryl methyl sites for hydroxylation is 1. The first-order chi connectivity index (χ1) is 11.6. The number of amidine groups is 1. The summed E-state index contributed by atoms with van der Waals surface area (Å²) < 4.78 is 0. The number of thiocarbonyl (C=S) groups is 1. The molecule has 0 fully saturated rings. The Morgan fingerprint density at radius 2 is 1.88 bits per heavy atom. The zero-order valence-corrected chi connectivity index (χ0v) is 14.3. The van der Waals surface area contributed by atoms with E-state index in [0.29, 0.717) is 17.4 Å². The number of rotatable bonds is 4. The van der Waals surface area contributed by atoms with Crippen LogP contribution in [0.4, 0.5) is 5.69 Å². The van der Waals surface area contributed by atoms with Crippen molar-refractivity contribution < 1.29 is 0 Å². The topological polar surface area (TPSA) is 53.6 Å². The SMILES string of the molecule is Cc1ccc(CNC(=S)C2C=CN(c3ccccc3)N=C2N)cc1. The Morgan fingerprint density at radius 3 is 2.54 bits per heavy atom. The molecule has 0 amide bonds. The van der Waals surface area contributed by atoms with E-state index >= 15 is 0 Å². The van der Waals surface area contributed by atoms with Crippen molar-refractivity contribution in [1.29, 1.82) is 0 Å². The normalized spacial score (nSPS) is 16.6. The van der Waals surface area contributed by atoms with Gasteiger partial charge in [0, 0.05) is 12.7 Å². The first kappa shape index (κ1) is 16.2. The molecule has 4 nitrogen and oxygen atoms in total.